The first kappa shape index (κ1) is 17.9. The van der Waals surface area contributed by atoms with Crippen LogP contribution in [0.4, 0.5) is 5.69 Å². The summed E-state index contributed by atoms with van der Waals surface area (Å²) >= 11 is 0. The molecule has 1 saturated heterocycles. The van der Waals surface area contributed by atoms with E-state index < -0.39 is 0 Å². The summed E-state index contributed by atoms with van der Waals surface area (Å²) in [5.74, 6) is 0.934. The van der Waals surface area contributed by atoms with Gasteiger partial charge in [-0.25, -0.2) is 0 Å². The van der Waals surface area contributed by atoms with Gasteiger partial charge in [0.2, 0.25) is 0 Å². The molecule has 136 valence electrons. The molecule has 2 aromatic rings. The summed E-state index contributed by atoms with van der Waals surface area (Å²) in [6.07, 6.45) is 9.74. The highest BCUT2D eigenvalue weighted by Crippen LogP contribution is 2.23. The second-order valence-corrected chi connectivity index (χ2v) is 7.17. The van der Waals surface area contributed by atoms with Crippen LogP contribution in [0.15, 0.2) is 24.4 Å². The predicted octanol–water partition coefficient (Wildman–Crippen LogP) is 4.24. The van der Waals surface area contributed by atoms with Gasteiger partial charge in [-0.15, -0.1) is 0 Å². The lowest BCUT2D eigenvalue weighted by atomic mass is 9.91. The maximum absolute atomic E-state index is 10.9. The van der Waals surface area contributed by atoms with Crippen molar-refractivity contribution in [2.45, 2.75) is 52.0 Å². The number of fused-ring (bicyclic) bond motifs is 1. The van der Waals surface area contributed by atoms with Crippen molar-refractivity contribution in [3.63, 3.8) is 0 Å². The summed E-state index contributed by atoms with van der Waals surface area (Å²) in [5.41, 5.74) is 0.945. The molecule has 6 heteroatoms. The van der Waals surface area contributed by atoms with E-state index in [2.05, 4.69) is 16.9 Å². The molecule has 0 N–H and O–H groups in total. The Bertz CT molecular complexity index is 705. The number of nitro groups is 1. The topological polar surface area (TPSA) is 64.2 Å². The number of rotatable bonds is 8. The van der Waals surface area contributed by atoms with Gasteiger partial charge < -0.3 is 4.90 Å². The third kappa shape index (κ3) is 4.78. The minimum atomic E-state index is -0.360. The van der Waals surface area contributed by atoms with Crippen LogP contribution in [-0.2, 0) is 6.54 Å². The molecule has 0 unspecified atom stereocenters. The number of hydrogen-bond acceptors (Lipinski definition) is 4. The lowest BCUT2D eigenvalue weighted by molar-refractivity contribution is -0.384. The molecule has 0 aliphatic carbocycles. The fourth-order valence-corrected chi connectivity index (χ4v) is 3.74. The lowest BCUT2D eigenvalue weighted by Crippen LogP contribution is -2.34. The van der Waals surface area contributed by atoms with Gasteiger partial charge in [-0.2, -0.15) is 5.10 Å². The van der Waals surface area contributed by atoms with Crippen LogP contribution in [0.2, 0.25) is 0 Å². The molecule has 1 aliphatic heterocycles. The third-order valence-electron chi connectivity index (χ3n) is 5.28. The van der Waals surface area contributed by atoms with Crippen molar-refractivity contribution in [2.75, 3.05) is 19.6 Å². The number of hydrogen-bond donors (Lipinski definition) is 0. The molecule has 6 nitrogen and oxygen atoms in total. The Morgan fingerprint density at radius 3 is 2.76 bits per heavy atom. The first-order chi connectivity index (χ1) is 12.2. The maximum Gasteiger partial charge on any atom is 0.270 e. The molecule has 1 aliphatic rings. The molecule has 1 aromatic heterocycles. The van der Waals surface area contributed by atoms with Crippen molar-refractivity contribution in [3.8, 4) is 0 Å². The first-order valence-corrected chi connectivity index (χ1v) is 9.49. The molecule has 0 amide bonds. The van der Waals surface area contributed by atoms with E-state index in [9.17, 15) is 10.1 Å². The SMILES string of the molecule is CCCCC1CCN(CCCn2cc3cc([N+](=O)[O-])ccc3n2)CC1. The predicted molar refractivity (Wildman–Crippen MR) is 99.7 cm³/mol. The monoisotopic (exact) mass is 344 g/mol. The number of unbranched alkanes of at least 4 members (excludes halogenated alkanes) is 1. The highest BCUT2D eigenvalue weighted by Gasteiger charge is 2.18. The van der Waals surface area contributed by atoms with Crippen molar-refractivity contribution in [3.05, 3.63) is 34.5 Å². The Morgan fingerprint density at radius 2 is 2.04 bits per heavy atom. The fourth-order valence-electron chi connectivity index (χ4n) is 3.74. The summed E-state index contributed by atoms with van der Waals surface area (Å²) in [6.45, 7) is 6.68. The van der Waals surface area contributed by atoms with Gasteiger partial charge in [-0.1, -0.05) is 26.2 Å². The van der Waals surface area contributed by atoms with Crippen LogP contribution in [0.25, 0.3) is 10.9 Å². The van der Waals surface area contributed by atoms with Crippen molar-refractivity contribution >= 4 is 16.6 Å². The zero-order chi connectivity index (χ0) is 17.6. The molecular formula is C19H28N4O2. The van der Waals surface area contributed by atoms with Crippen LogP contribution >= 0.6 is 0 Å². The van der Waals surface area contributed by atoms with Crippen LogP contribution < -0.4 is 0 Å². The van der Waals surface area contributed by atoms with E-state index in [4.69, 9.17) is 0 Å². The second-order valence-electron chi connectivity index (χ2n) is 7.17. The van der Waals surface area contributed by atoms with E-state index in [1.54, 1.807) is 12.1 Å². The molecule has 0 radical (unpaired) electrons. The van der Waals surface area contributed by atoms with Gasteiger partial charge in [0.1, 0.15) is 0 Å². The Balaban J connectivity index is 1.45. The Hall–Kier alpha value is -1.95. The van der Waals surface area contributed by atoms with Crippen molar-refractivity contribution in [1.29, 1.82) is 0 Å². The average Bonchev–Trinajstić information content (AvgIpc) is 3.02. The number of nitrogens with zero attached hydrogens (tertiary/aromatic N) is 4. The molecule has 1 fully saturated rings. The molecular weight excluding hydrogens is 316 g/mol. The maximum atomic E-state index is 10.9. The molecule has 0 atom stereocenters. The quantitative estimate of drug-likeness (QED) is 0.531. The van der Waals surface area contributed by atoms with E-state index in [0.717, 1.165) is 36.3 Å². The molecule has 3 rings (SSSR count). The zero-order valence-corrected chi connectivity index (χ0v) is 15.1. The molecule has 1 aromatic carbocycles. The average molecular weight is 344 g/mol. The van der Waals surface area contributed by atoms with Gasteiger partial charge in [0.05, 0.1) is 10.4 Å². The Kier molecular flexibility index (Phi) is 6.02. The Morgan fingerprint density at radius 1 is 1.24 bits per heavy atom. The minimum Gasteiger partial charge on any atom is -0.303 e. The molecule has 0 spiro atoms. The standard InChI is InChI=1S/C19H28N4O2/c1-2-3-5-16-8-12-21(13-9-16)10-4-11-22-15-17-14-18(23(24)25)6-7-19(17)20-22/h6-7,14-16H,2-5,8-13H2,1H3. The normalized spacial score (nSPS) is 16.5. The van der Waals surface area contributed by atoms with Crippen molar-refractivity contribution in [2.24, 2.45) is 5.92 Å². The largest absolute Gasteiger partial charge is 0.303 e. The van der Waals surface area contributed by atoms with Gasteiger partial charge in [0.15, 0.2) is 0 Å². The van der Waals surface area contributed by atoms with Crippen LogP contribution in [0.5, 0.6) is 0 Å². The second kappa shape index (κ2) is 8.43. The zero-order valence-electron chi connectivity index (χ0n) is 15.1. The number of aryl methyl sites for hydroxylation is 1. The van der Waals surface area contributed by atoms with Crippen LogP contribution in [0.3, 0.4) is 0 Å². The van der Waals surface area contributed by atoms with E-state index >= 15 is 0 Å². The number of benzene rings is 1. The van der Waals surface area contributed by atoms with Crippen LogP contribution in [0, 0.1) is 16.0 Å². The number of piperidine rings is 1. The lowest BCUT2D eigenvalue weighted by Gasteiger charge is -2.31. The fraction of sp³-hybridized carbons (Fsp3) is 0.632. The van der Waals surface area contributed by atoms with Gasteiger partial charge >= 0.3 is 0 Å². The van der Waals surface area contributed by atoms with Crippen LogP contribution in [0.1, 0.15) is 45.4 Å². The number of likely N-dealkylation sites (tertiary alicyclic amines) is 1. The van der Waals surface area contributed by atoms with Gasteiger partial charge in [0.25, 0.3) is 5.69 Å². The Labute approximate surface area is 149 Å². The van der Waals surface area contributed by atoms with Crippen LogP contribution in [-0.4, -0.2) is 39.2 Å². The summed E-state index contributed by atoms with van der Waals surface area (Å²) in [5, 5.41) is 16.2. The summed E-state index contributed by atoms with van der Waals surface area (Å²) in [7, 11) is 0. The first-order valence-electron chi connectivity index (χ1n) is 9.49. The smallest absolute Gasteiger partial charge is 0.270 e. The minimum absolute atomic E-state index is 0.123. The number of aromatic nitrogens is 2. The molecule has 2 heterocycles. The molecule has 0 bridgehead atoms. The van der Waals surface area contributed by atoms with Crippen molar-refractivity contribution in [1.82, 2.24) is 14.7 Å². The highest BCUT2D eigenvalue weighted by atomic mass is 16.6. The third-order valence-corrected chi connectivity index (χ3v) is 5.28. The number of nitro benzene ring substituents is 1. The van der Waals surface area contributed by atoms with Gasteiger partial charge in [-0.3, -0.25) is 14.8 Å². The molecule has 0 saturated carbocycles. The van der Waals surface area contributed by atoms with E-state index in [0.29, 0.717) is 0 Å². The van der Waals surface area contributed by atoms with Crippen molar-refractivity contribution < 1.29 is 4.92 Å². The van der Waals surface area contributed by atoms with E-state index in [1.165, 1.54) is 51.3 Å². The van der Waals surface area contributed by atoms with Gasteiger partial charge in [-0.05, 0) is 50.9 Å². The number of non-ortho nitro benzene ring substituents is 1. The van der Waals surface area contributed by atoms with Gasteiger partial charge in [0, 0.05) is 30.3 Å². The summed E-state index contributed by atoms with van der Waals surface area (Å²) in [4.78, 5) is 13.1. The highest BCUT2D eigenvalue weighted by molar-refractivity contribution is 5.80. The molecule has 25 heavy (non-hydrogen) atoms. The summed E-state index contributed by atoms with van der Waals surface area (Å²) < 4.78 is 1.92. The summed E-state index contributed by atoms with van der Waals surface area (Å²) in [6, 6.07) is 4.84. The van der Waals surface area contributed by atoms with E-state index in [-0.39, 0.29) is 10.6 Å². The van der Waals surface area contributed by atoms with E-state index in [1.807, 2.05) is 10.9 Å².